The Morgan fingerprint density at radius 1 is 0.539 bits per heavy atom. The summed E-state index contributed by atoms with van der Waals surface area (Å²) in [7, 11) is 4.88. The van der Waals surface area contributed by atoms with E-state index in [0.717, 1.165) is 139 Å². The highest BCUT2D eigenvalue weighted by atomic mass is 19.4. The Bertz CT molecular complexity index is 4480. The highest BCUT2D eigenvalue weighted by Crippen LogP contribution is 2.39. The number of anilines is 2. The number of piperidine rings is 6. The molecule has 536 valence electrons. The van der Waals surface area contributed by atoms with E-state index in [4.69, 9.17) is 4.74 Å². The number of halogens is 4. The number of alkyl halides is 3. The van der Waals surface area contributed by atoms with Crippen LogP contribution >= 0.6 is 0 Å². The molecular weight excluding hydrogens is 1310 g/mol. The lowest BCUT2D eigenvalue weighted by atomic mass is 9.88. The number of aryl methyl sites for hydroxylation is 2. The molecule has 20 nitrogen and oxygen atoms in total. The third-order valence-electron chi connectivity index (χ3n) is 21.7. The van der Waals surface area contributed by atoms with Crippen molar-refractivity contribution < 1.29 is 46.2 Å². The predicted octanol–water partition coefficient (Wildman–Crippen LogP) is 11.0. The molecule has 2 atom stereocenters. The molecule has 10 heterocycles. The van der Waals surface area contributed by atoms with Crippen LogP contribution in [0.3, 0.4) is 0 Å². The first-order valence-electron chi connectivity index (χ1n) is 35.7. The molecular formula is C78H88F4N12O8. The Morgan fingerprint density at radius 2 is 1.03 bits per heavy atom. The standard InChI is InChI=1S/C40H45F3N6O4.C38H43FN6O4/c1-47-25-34(32-10-16-44-23-33(32)39(47)52)29-2-3-30(36(22-29)53-40(41,42)43)24-49-18-12-26(13-19-49)11-17-48-20-14-28(15-21-48)27-4-6-31(7-5-27)45-35-8-9-37(50)46-38(35)51;1-43-22-31(29-9-14-40-21-30(29)38(43)48)26-19-33(39)32(35(20-26)49-2)23-44-15-12-28(13-16-44)45-17-10-25(11-18-45)24-3-5-27(6-4-24)41-34-7-8-36(46)42-37(34)47/h2-7,10,16,22-23,25-26,28,35,45H,8-9,11-15,17-21,24H2,1H3,(H,46,50,51);3-6,9,14,19-22,25,28,34,41H,7-8,10-13,15-18,23H2,1-2H3,(H,42,46,47). The number of carbonyl (C=O) groups excluding carboxylic acids is 4. The van der Waals surface area contributed by atoms with E-state index in [9.17, 15) is 41.9 Å². The number of aromatic nitrogens is 4. The molecule has 0 saturated carbocycles. The molecule has 6 aliphatic rings. The van der Waals surface area contributed by atoms with Gasteiger partial charge in [0.25, 0.3) is 11.1 Å². The van der Waals surface area contributed by atoms with Crippen LogP contribution < -0.4 is 41.9 Å². The van der Waals surface area contributed by atoms with Gasteiger partial charge in [0.05, 0.1) is 17.9 Å². The number of likely N-dealkylation sites (tertiary alicyclic amines) is 4. The molecule has 0 radical (unpaired) electrons. The summed E-state index contributed by atoms with van der Waals surface area (Å²) in [6.45, 7) is 9.52. The molecule has 4 aromatic heterocycles. The maximum Gasteiger partial charge on any atom is 0.573 e. The summed E-state index contributed by atoms with van der Waals surface area (Å²) >= 11 is 0. The number of carbonyl (C=O) groups is 4. The fraction of sp³-hybridized carbons (Fsp3) is 0.436. The molecule has 2 unspecified atom stereocenters. The van der Waals surface area contributed by atoms with E-state index in [1.807, 2.05) is 30.3 Å². The van der Waals surface area contributed by atoms with Crippen LogP contribution in [0.15, 0.2) is 138 Å². The number of methoxy groups -OCH3 is 1. The first kappa shape index (κ1) is 71.1. The summed E-state index contributed by atoms with van der Waals surface area (Å²) in [5.41, 5.74) is 7.64. The number of hydrogen-bond acceptors (Lipinski definition) is 16. The molecule has 4 aromatic carbocycles. The normalized spacial score (nSPS) is 19.9. The van der Waals surface area contributed by atoms with Crippen LogP contribution in [0.25, 0.3) is 43.8 Å². The number of pyridine rings is 4. The van der Waals surface area contributed by atoms with E-state index in [1.165, 1.54) is 32.5 Å². The first-order valence-corrected chi connectivity index (χ1v) is 35.7. The predicted molar refractivity (Wildman–Crippen MR) is 383 cm³/mol. The van der Waals surface area contributed by atoms with E-state index in [2.05, 4.69) is 79.8 Å². The third kappa shape index (κ3) is 16.9. The highest BCUT2D eigenvalue weighted by molar-refractivity contribution is 6.02. The molecule has 6 saturated heterocycles. The van der Waals surface area contributed by atoms with Gasteiger partial charge in [-0.25, -0.2) is 4.39 Å². The second-order valence-electron chi connectivity index (χ2n) is 28.3. The summed E-state index contributed by atoms with van der Waals surface area (Å²) < 4.78 is 69.8. The zero-order chi connectivity index (χ0) is 71.2. The minimum atomic E-state index is -4.84. The Balaban J connectivity index is 0.000000183. The molecule has 0 aliphatic carbocycles. The molecule has 6 fully saturated rings. The fourth-order valence-corrected chi connectivity index (χ4v) is 15.8. The second kappa shape index (κ2) is 31.5. The molecule has 14 rings (SSSR count). The van der Waals surface area contributed by atoms with Crippen molar-refractivity contribution in [1.29, 1.82) is 0 Å². The topological polar surface area (TPSA) is 218 Å². The van der Waals surface area contributed by atoms with Gasteiger partial charge >= 0.3 is 6.36 Å². The molecule has 6 aliphatic heterocycles. The van der Waals surface area contributed by atoms with Crippen LogP contribution in [-0.4, -0.2) is 153 Å². The molecule has 0 spiro atoms. The SMILES string of the molecule is COc1cc(-c2cn(C)c(=O)c3cnccc23)cc(F)c1CN1CCC(N2CCC(c3ccc(NC4CCC(=O)NC4=O)cc3)CC2)CC1.Cn1cc(-c2ccc(CN3CCC(CCN4CCC(c5ccc(NC6CCC(=O)NC6=O)cc5)CC4)CC3)c(OC(F)(F)F)c2)c2ccncc2c1=O. The lowest BCUT2D eigenvalue weighted by molar-refractivity contribution is -0.275. The average molecular weight is 1400 g/mol. The highest BCUT2D eigenvalue weighted by Gasteiger charge is 2.35. The van der Waals surface area contributed by atoms with Gasteiger partial charge in [-0.3, -0.25) is 59.2 Å². The third-order valence-corrected chi connectivity index (χ3v) is 21.7. The van der Waals surface area contributed by atoms with Gasteiger partial charge in [-0.05, 0) is 235 Å². The largest absolute Gasteiger partial charge is 0.573 e. The maximum absolute atomic E-state index is 15.8. The number of benzene rings is 4. The summed E-state index contributed by atoms with van der Waals surface area (Å²) in [6, 6.07) is 28.3. The van der Waals surface area contributed by atoms with Crippen molar-refractivity contribution in [2.45, 2.75) is 133 Å². The van der Waals surface area contributed by atoms with Gasteiger partial charge in [0, 0.05) is 117 Å². The van der Waals surface area contributed by atoms with Crippen LogP contribution in [0, 0.1) is 11.7 Å². The van der Waals surface area contributed by atoms with Crippen molar-refractivity contribution >= 4 is 56.5 Å². The first-order chi connectivity index (χ1) is 49.3. The van der Waals surface area contributed by atoms with Crippen LogP contribution in [0.2, 0.25) is 0 Å². The van der Waals surface area contributed by atoms with Crippen LogP contribution in [0.4, 0.5) is 28.9 Å². The molecule has 102 heavy (non-hydrogen) atoms. The van der Waals surface area contributed by atoms with Crippen molar-refractivity contribution in [2.24, 2.45) is 20.0 Å². The van der Waals surface area contributed by atoms with Gasteiger partial charge in [0.1, 0.15) is 29.4 Å². The van der Waals surface area contributed by atoms with Crippen LogP contribution in [0.5, 0.6) is 11.5 Å². The minimum Gasteiger partial charge on any atom is -0.496 e. The van der Waals surface area contributed by atoms with Crippen molar-refractivity contribution in [2.75, 3.05) is 76.6 Å². The van der Waals surface area contributed by atoms with Crippen molar-refractivity contribution in [3.63, 3.8) is 0 Å². The van der Waals surface area contributed by atoms with E-state index >= 15 is 4.39 Å². The summed E-state index contributed by atoms with van der Waals surface area (Å²) in [5.74, 6) is 0.601. The van der Waals surface area contributed by atoms with Gasteiger partial charge in [0.2, 0.25) is 23.6 Å². The number of amides is 4. The van der Waals surface area contributed by atoms with E-state index < -0.39 is 12.4 Å². The number of ether oxygens (including phenoxy) is 2. The molecule has 24 heteroatoms. The van der Waals surface area contributed by atoms with E-state index in [-0.39, 0.29) is 52.4 Å². The number of nitrogens with zero attached hydrogens (tertiary/aromatic N) is 8. The smallest absolute Gasteiger partial charge is 0.496 e. The number of rotatable bonds is 18. The Morgan fingerprint density at radius 3 is 1.55 bits per heavy atom. The summed E-state index contributed by atoms with van der Waals surface area (Å²) in [6.07, 6.45) is 16.1. The van der Waals surface area contributed by atoms with Crippen molar-refractivity contribution in [3.8, 4) is 33.8 Å². The van der Waals surface area contributed by atoms with Gasteiger partial charge in [0.15, 0.2) is 0 Å². The molecule has 4 amide bonds. The monoisotopic (exact) mass is 1400 g/mol. The number of fused-ring (bicyclic) bond motifs is 2. The Hall–Kier alpha value is -9.36. The van der Waals surface area contributed by atoms with Crippen LogP contribution in [0.1, 0.15) is 118 Å². The molecule has 4 N–H and O–H groups in total. The zero-order valence-corrected chi connectivity index (χ0v) is 57.9. The second-order valence-corrected chi connectivity index (χ2v) is 28.3. The van der Waals surface area contributed by atoms with E-state index in [0.29, 0.717) is 112 Å². The van der Waals surface area contributed by atoms with Gasteiger partial charge < -0.3 is 39.0 Å². The zero-order valence-electron chi connectivity index (χ0n) is 57.9. The summed E-state index contributed by atoms with van der Waals surface area (Å²) in [5, 5.41) is 13.5. The van der Waals surface area contributed by atoms with Gasteiger partial charge in [-0.15, -0.1) is 13.2 Å². The minimum absolute atomic E-state index is 0.142. The Labute approximate surface area is 589 Å². The van der Waals surface area contributed by atoms with Crippen molar-refractivity contribution in [1.82, 2.24) is 49.3 Å². The number of imide groups is 2. The van der Waals surface area contributed by atoms with Gasteiger partial charge in [-0.2, -0.15) is 0 Å². The van der Waals surface area contributed by atoms with E-state index in [1.54, 1.807) is 82.5 Å². The Kier molecular flexibility index (Phi) is 21.9. The van der Waals surface area contributed by atoms with Crippen molar-refractivity contribution in [3.05, 3.63) is 177 Å². The average Bonchev–Trinajstić information content (AvgIpc) is 0.776. The number of nitrogens with one attached hydrogen (secondary N) is 4. The molecule has 0 bridgehead atoms. The number of hydrogen-bond donors (Lipinski definition) is 4. The maximum atomic E-state index is 15.8. The lowest BCUT2D eigenvalue weighted by Gasteiger charge is -2.42. The quantitative estimate of drug-likeness (QED) is 0.0464. The van der Waals surface area contributed by atoms with Gasteiger partial charge in [-0.1, -0.05) is 36.4 Å². The fourth-order valence-electron chi connectivity index (χ4n) is 15.8. The van der Waals surface area contributed by atoms with Crippen LogP contribution in [-0.2, 0) is 46.4 Å². The molecule has 8 aromatic rings. The summed E-state index contributed by atoms with van der Waals surface area (Å²) in [4.78, 5) is 90.2. The lowest BCUT2D eigenvalue weighted by Crippen LogP contribution is -2.47.